The van der Waals surface area contributed by atoms with Crippen LogP contribution in [-0.4, -0.2) is 49.7 Å². The van der Waals surface area contributed by atoms with Crippen molar-refractivity contribution < 1.29 is 14.3 Å². The van der Waals surface area contributed by atoms with Gasteiger partial charge in [-0.05, 0) is 25.3 Å². The van der Waals surface area contributed by atoms with E-state index in [2.05, 4.69) is 27.1 Å². The Labute approximate surface area is 165 Å². The molecule has 1 aromatic heterocycles. The lowest BCUT2D eigenvalue weighted by Gasteiger charge is -2.31. The molecule has 0 aliphatic carbocycles. The van der Waals surface area contributed by atoms with Gasteiger partial charge < -0.3 is 25.4 Å². The maximum atomic E-state index is 12.3. The number of carbonyl (C=O) groups is 1. The van der Waals surface area contributed by atoms with Gasteiger partial charge in [-0.3, -0.25) is 4.79 Å². The molecule has 8 nitrogen and oxygen atoms in total. The van der Waals surface area contributed by atoms with Crippen molar-refractivity contribution in [1.82, 2.24) is 15.3 Å². The first-order valence-electron chi connectivity index (χ1n) is 9.79. The summed E-state index contributed by atoms with van der Waals surface area (Å²) < 4.78 is 10.7. The number of hydrogen-bond donors (Lipinski definition) is 2. The minimum Gasteiger partial charge on any atom is -0.493 e. The molecule has 0 bridgehead atoms. The molecule has 0 saturated carbocycles. The van der Waals surface area contributed by atoms with Gasteiger partial charge >= 0.3 is 0 Å². The van der Waals surface area contributed by atoms with Crippen LogP contribution >= 0.6 is 0 Å². The van der Waals surface area contributed by atoms with E-state index in [-0.39, 0.29) is 11.8 Å². The van der Waals surface area contributed by atoms with E-state index >= 15 is 0 Å². The van der Waals surface area contributed by atoms with Crippen LogP contribution < -0.4 is 25.4 Å². The summed E-state index contributed by atoms with van der Waals surface area (Å²) in [7, 11) is 3.17. The average Bonchev–Trinajstić information content (AvgIpc) is 2.73. The van der Waals surface area contributed by atoms with Crippen molar-refractivity contribution in [2.75, 3.05) is 44.5 Å². The predicted octanol–water partition coefficient (Wildman–Crippen LogP) is 2.36. The summed E-state index contributed by atoms with van der Waals surface area (Å²) in [6, 6.07) is 3.60. The highest BCUT2D eigenvalue weighted by Gasteiger charge is 2.26. The van der Waals surface area contributed by atoms with Crippen LogP contribution in [0.2, 0.25) is 0 Å². The van der Waals surface area contributed by atoms with Gasteiger partial charge in [-0.15, -0.1) is 0 Å². The molecule has 1 fully saturated rings. The SMILES string of the molecule is CCCCNC(=O)C1CCN(c2nc(N)c3cc(OC)c(OC)cc3n2)CC1. The maximum absolute atomic E-state index is 12.3. The van der Waals surface area contributed by atoms with Gasteiger partial charge in [-0.1, -0.05) is 13.3 Å². The van der Waals surface area contributed by atoms with Crippen LogP contribution in [0.1, 0.15) is 32.6 Å². The van der Waals surface area contributed by atoms with Crippen LogP contribution in [-0.2, 0) is 4.79 Å². The molecular weight excluding hydrogens is 358 g/mol. The Hall–Kier alpha value is -2.77. The lowest BCUT2D eigenvalue weighted by atomic mass is 9.96. The molecule has 0 unspecified atom stereocenters. The third-order valence-electron chi connectivity index (χ3n) is 5.20. The number of methoxy groups -OCH3 is 2. The van der Waals surface area contributed by atoms with E-state index < -0.39 is 0 Å². The van der Waals surface area contributed by atoms with E-state index in [1.54, 1.807) is 20.3 Å². The molecule has 3 N–H and O–H groups in total. The van der Waals surface area contributed by atoms with Gasteiger partial charge in [0.25, 0.3) is 0 Å². The third-order valence-corrected chi connectivity index (χ3v) is 5.20. The van der Waals surface area contributed by atoms with Gasteiger partial charge in [-0.2, -0.15) is 4.98 Å². The number of aromatic nitrogens is 2. The lowest BCUT2D eigenvalue weighted by molar-refractivity contribution is -0.125. The Morgan fingerprint density at radius 1 is 1.21 bits per heavy atom. The largest absolute Gasteiger partial charge is 0.493 e. The number of ether oxygens (including phenoxy) is 2. The number of fused-ring (bicyclic) bond motifs is 1. The first-order chi connectivity index (χ1) is 13.6. The van der Waals surface area contributed by atoms with E-state index in [0.717, 1.165) is 50.7 Å². The van der Waals surface area contributed by atoms with Gasteiger partial charge in [0.1, 0.15) is 5.82 Å². The fraction of sp³-hybridized carbons (Fsp3) is 0.550. The number of nitrogens with zero attached hydrogens (tertiary/aromatic N) is 3. The number of nitrogen functional groups attached to an aromatic ring is 1. The maximum Gasteiger partial charge on any atom is 0.227 e. The Morgan fingerprint density at radius 3 is 2.54 bits per heavy atom. The highest BCUT2D eigenvalue weighted by molar-refractivity contribution is 5.91. The van der Waals surface area contributed by atoms with E-state index in [0.29, 0.717) is 28.8 Å². The molecule has 2 heterocycles. The topological polar surface area (TPSA) is 103 Å². The van der Waals surface area contributed by atoms with Crippen molar-refractivity contribution in [2.45, 2.75) is 32.6 Å². The lowest BCUT2D eigenvalue weighted by Crippen LogP contribution is -2.41. The number of nitrogens with one attached hydrogen (secondary N) is 1. The molecular formula is C20H29N5O3. The van der Waals surface area contributed by atoms with Crippen molar-refractivity contribution in [3.8, 4) is 11.5 Å². The molecule has 152 valence electrons. The number of unbranched alkanes of at least 4 members (excludes halogenated alkanes) is 1. The zero-order valence-electron chi connectivity index (χ0n) is 16.8. The number of amides is 1. The summed E-state index contributed by atoms with van der Waals surface area (Å²) in [5.41, 5.74) is 6.89. The Balaban J connectivity index is 1.73. The molecule has 1 amide bonds. The summed E-state index contributed by atoms with van der Waals surface area (Å²) in [6.07, 6.45) is 3.66. The van der Waals surface area contributed by atoms with Crippen molar-refractivity contribution in [3.63, 3.8) is 0 Å². The number of piperidine rings is 1. The molecule has 1 aliphatic heterocycles. The highest BCUT2D eigenvalue weighted by atomic mass is 16.5. The van der Waals surface area contributed by atoms with Crippen molar-refractivity contribution in [1.29, 1.82) is 0 Å². The molecule has 0 atom stereocenters. The Bertz CT molecular complexity index is 834. The number of nitrogens with two attached hydrogens (primary N) is 1. The Morgan fingerprint density at radius 2 is 1.89 bits per heavy atom. The molecule has 1 aliphatic rings. The number of anilines is 2. The van der Waals surface area contributed by atoms with Gasteiger partial charge in [0.2, 0.25) is 11.9 Å². The van der Waals surface area contributed by atoms with Gasteiger partial charge in [0.15, 0.2) is 11.5 Å². The van der Waals surface area contributed by atoms with Crippen LogP contribution in [0.5, 0.6) is 11.5 Å². The second-order valence-electron chi connectivity index (χ2n) is 7.04. The first kappa shape index (κ1) is 20.0. The van der Waals surface area contributed by atoms with Crippen LogP contribution in [0.4, 0.5) is 11.8 Å². The quantitative estimate of drug-likeness (QED) is 0.703. The summed E-state index contributed by atoms with van der Waals surface area (Å²) in [5, 5.41) is 3.76. The van der Waals surface area contributed by atoms with Crippen molar-refractivity contribution in [2.24, 2.45) is 5.92 Å². The van der Waals surface area contributed by atoms with Crippen molar-refractivity contribution >= 4 is 28.6 Å². The van der Waals surface area contributed by atoms with Gasteiger partial charge in [0.05, 0.1) is 19.7 Å². The van der Waals surface area contributed by atoms with Gasteiger partial charge in [0, 0.05) is 37.0 Å². The molecule has 8 heteroatoms. The zero-order valence-corrected chi connectivity index (χ0v) is 16.8. The zero-order chi connectivity index (χ0) is 20.1. The number of hydrogen-bond acceptors (Lipinski definition) is 7. The molecule has 1 saturated heterocycles. The third kappa shape index (κ3) is 4.21. The first-order valence-corrected chi connectivity index (χ1v) is 9.79. The van der Waals surface area contributed by atoms with E-state index in [1.807, 2.05) is 6.07 Å². The average molecular weight is 387 g/mol. The van der Waals surface area contributed by atoms with E-state index in [4.69, 9.17) is 15.2 Å². The molecule has 28 heavy (non-hydrogen) atoms. The summed E-state index contributed by atoms with van der Waals surface area (Å²) in [4.78, 5) is 23.5. The fourth-order valence-corrected chi connectivity index (χ4v) is 3.48. The summed E-state index contributed by atoms with van der Waals surface area (Å²) in [6.45, 7) is 4.32. The minimum absolute atomic E-state index is 0.0512. The van der Waals surface area contributed by atoms with Crippen LogP contribution in [0.3, 0.4) is 0 Å². The highest BCUT2D eigenvalue weighted by Crippen LogP contribution is 2.34. The standard InChI is InChI=1S/C20H29N5O3/c1-4-5-8-22-19(26)13-6-9-25(10-7-13)20-23-15-12-17(28-3)16(27-2)11-14(15)18(21)24-20/h11-13H,4-10H2,1-3H3,(H,22,26)(H2,21,23,24). The second kappa shape index (κ2) is 8.95. The number of rotatable bonds is 7. The molecule has 0 spiro atoms. The summed E-state index contributed by atoms with van der Waals surface area (Å²) >= 11 is 0. The molecule has 3 rings (SSSR count). The van der Waals surface area contributed by atoms with Crippen LogP contribution in [0, 0.1) is 5.92 Å². The van der Waals surface area contributed by atoms with Crippen molar-refractivity contribution in [3.05, 3.63) is 12.1 Å². The Kier molecular flexibility index (Phi) is 6.38. The molecule has 2 aromatic rings. The normalized spacial score (nSPS) is 14.9. The van der Waals surface area contributed by atoms with E-state index in [9.17, 15) is 4.79 Å². The minimum atomic E-state index is 0.0512. The van der Waals surface area contributed by atoms with Gasteiger partial charge in [-0.25, -0.2) is 4.98 Å². The monoisotopic (exact) mass is 387 g/mol. The predicted molar refractivity (Wildman–Crippen MR) is 110 cm³/mol. The van der Waals surface area contributed by atoms with Crippen LogP contribution in [0.25, 0.3) is 10.9 Å². The fourth-order valence-electron chi connectivity index (χ4n) is 3.48. The van der Waals surface area contributed by atoms with E-state index in [1.165, 1.54) is 0 Å². The van der Waals surface area contributed by atoms with Crippen LogP contribution in [0.15, 0.2) is 12.1 Å². The molecule has 1 aromatic carbocycles. The second-order valence-corrected chi connectivity index (χ2v) is 7.04. The smallest absolute Gasteiger partial charge is 0.227 e. The molecule has 0 radical (unpaired) electrons. The summed E-state index contributed by atoms with van der Waals surface area (Å²) in [5.74, 6) is 2.39. The number of benzene rings is 1. The number of carbonyl (C=O) groups excluding carboxylic acids is 1.